The fourth-order valence-electron chi connectivity index (χ4n) is 3.93. The van der Waals surface area contributed by atoms with E-state index < -0.39 is 23.4 Å². The van der Waals surface area contributed by atoms with E-state index in [-0.39, 0.29) is 11.1 Å². The standard InChI is InChI=1S/C26H22FNO4/c1-14-12-18(16(3)28-21-11-7-10-20(27)22(21)26(30)31)25-19(13-14)23(29)15(2)24(32-25)17-8-5-4-6-9-17/h4-13,16,28H,1-3H3,(H,30,31)/t16-/m1/s1. The number of carboxylic acids is 1. The van der Waals surface area contributed by atoms with E-state index in [0.717, 1.165) is 17.2 Å². The second-order valence-corrected chi connectivity index (χ2v) is 7.82. The molecule has 0 unspecified atom stereocenters. The largest absolute Gasteiger partial charge is 0.478 e. The van der Waals surface area contributed by atoms with Crippen molar-refractivity contribution in [3.63, 3.8) is 0 Å². The third-order valence-electron chi connectivity index (χ3n) is 5.49. The van der Waals surface area contributed by atoms with Crippen molar-refractivity contribution in [3.05, 3.63) is 99.0 Å². The molecular formula is C26H22FNO4. The lowest BCUT2D eigenvalue weighted by Crippen LogP contribution is -2.14. The van der Waals surface area contributed by atoms with Crippen molar-refractivity contribution >= 4 is 22.6 Å². The van der Waals surface area contributed by atoms with Crippen molar-refractivity contribution in [1.82, 2.24) is 0 Å². The molecule has 4 aromatic rings. The second-order valence-electron chi connectivity index (χ2n) is 7.82. The molecule has 1 atom stereocenters. The SMILES string of the molecule is Cc1cc([C@@H](C)Nc2cccc(F)c2C(=O)O)c2oc(-c3ccccc3)c(C)c(=O)c2c1. The van der Waals surface area contributed by atoms with Crippen LogP contribution in [0.15, 0.2) is 69.9 Å². The Morgan fingerprint density at radius 2 is 1.78 bits per heavy atom. The quantitative estimate of drug-likeness (QED) is 0.400. The molecule has 1 aromatic heterocycles. The summed E-state index contributed by atoms with van der Waals surface area (Å²) in [7, 11) is 0. The number of aromatic carboxylic acids is 1. The molecule has 0 aliphatic heterocycles. The number of benzene rings is 3. The molecule has 0 bridgehead atoms. The van der Waals surface area contributed by atoms with Crippen LogP contribution in [0, 0.1) is 19.7 Å². The Hall–Kier alpha value is -3.93. The molecule has 162 valence electrons. The number of hydrogen-bond acceptors (Lipinski definition) is 4. The summed E-state index contributed by atoms with van der Waals surface area (Å²) in [6.45, 7) is 5.43. The topological polar surface area (TPSA) is 79.5 Å². The number of hydrogen-bond donors (Lipinski definition) is 2. The van der Waals surface area contributed by atoms with Crippen LogP contribution < -0.4 is 10.7 Å². The van der Waals surface area contributed by atoms with E-state index in [1.165, 1.54) is 12.1 Å². The number of fused-ring (bicyclic) bond motifs is 1. The maximum Gasteiger partial charge on any atom is 0.340 e. The molecule has 4 rings (SSSR count). The molecule has 1 heterocycles. The highest BCUT2D eigenvalue weighted by atomic mass is 19.1. The van der Waals surface area contributed by atoms with Crippen LogP contribution in [0.1, 0.15) is 40.0 Å². The van der Waals surface area contributed by atoms with Gasteiger partial charge in [0.2, 0.25) is 0 Å². The molecule has 2 N–H and O–H groups in total. The van der Waals surface area contributed by atoms with Crippen molar-refractivity contribution < 1.29 is 18.7 Å². The molecule has 0 aliphatic carbocycles. The van der Waals surface area contributed by atoms with E-state index in [4.69, 9.17) is 4.42 Å². The van der Waals surface area contributed by atoms with Crippen molar-refractivity contribution in [2.24, 2.45) is 0 Å². The van der Waals surface area contributed by atoms with Gasteiger partial charge in [-0.05, 0) is 44.5 Å². The highest BCUT2D eigenvalue weighted by molar-refractivity contribution is 5.94. The van der Waals surface area contributed by atoms with E-state index in [1.54, 1.807) is 13.0 Å². The summed E-state index contributed by atoms with van der Waals surface area (Å²) in [5.74, 6) is -1.70. The number of anilines is 1. The molecule has 32 heavy (non-hydrogen) atoms. The summed E-state index contributed by atoms with van der Waals surface area (Å²) in [5, 5.41) is 13.0. The summed E-state index contributed by atoms with van der Waals surface area (Å²) < 4.78 is 20.4. The fourth-order valence-corrected chi connectivity index (χ4v) is 3.93. The Balaban J connectivity index is 1.90. The van der Waals surface area contributed by atoms with Crippen LogP contribution in [-0.4, -0.2) is 11.1 Å². The molecule has 3 aromatic carbocycles. The highest BCUT2D eigenvalue weighted by Crippen LogP contribution is 2.33. The average molecular weight is 431 g/mol. The Kier molecular flexibility index (Phi) is 5.53. The zero-order chi connectivity index (χ0) is 23.0. The summed E-state index contributed by atoms with van der Waals surface area (Å²) in [6.07, 6.45) is 0. The van der Waals surface area contributed by atoms with Crippen LogP contribution >= 0.6 is 0 Å². The van der Waals surface area contributed by atoms with Crippen LogP contribution in [0.2, 0.25) is 0 Å². The van der Waals surface area contributed by atoms with Gasteiger partial charge in [0, 0.05) is 16.7 Å². The molecule has 6 heteroatoms. The van der Waals surface area contributed by atoms with E-state index in [2.05, 4.69) is 5.32 Å². The minimum atomic E-state index is -1.36. The Morgan fingerprint density at radius 3 is 2.47 bits per heavy atom. The molecule has 0 radical (unpaired) electrons. The summed E-state index contributed by atoms with van der Waals surface area (Å²) >= 11 is 0. The van der Waals surface area contributed by atoms with Gasteiger partial charge in [-0.1, -0.05) is 42.5 Å². The fraction of sp³-hybridized carbons (Fsp3) is 0.154. The number of carbonyl (C=O) groups is 1. The van der Waals surface area contributed by atoms with Gasteiger partial charge in [-0.25, -0.2) is 9.18 Å². The molecule has 0 saturated heterocycles. The first-order chi connectivity index (χ1) is 15.3. The Morgan fingerprint density at radius 1 is 1.06 bits per heavy atom. The predicted octanol–water partition coefficient (Wildman–Crippen LogP) is 6.09. The minimum Gasteiger partial charge on any atom is -0.478 e. The van der Waals surface area contributed by atoms with E-state index >= 15 is 0 Å². The first kappa shape index (κ1) is 21.3. The Bertz CT molecular complexity index is 1390. The van der Waals surface area contributed by atoms with Crippen molar-refractivity contribution in [1.29, 1.82) is 0 Å². The number of rotatable bonds is 5. The average Bonchev–Trinajstić information content (AvgIpc) is 2.76. The van der Waals surface area contributed by atoms with Crippen LogP contribution in [0.5, 0.6) is 0 Å². The van der Waals surface area contributed by atoms with Gasteiger partial charge in [-0.2, -0.15) is 0 Å². The minimum absolute atomic E-state index is 0.126. The van der Waals surface area contributed by atoms with Gasteiger partial charge in [-0.3, -0.25) is 4.79 Å². The molecule has 0 spiro atoms. The van der Waals surface area contributed by atoms with Crippen LogP contribution in [0.25, 0.3) is 22.3 Å². The normalized spacial score (nSPS) is 12.0. The monoisotopic (exact) mass is 431 g/mol. The van der Waals surface area contributed by atoms with E-state index in [1.807, 2.05) is 50.2 Å². The third kappa shape index (κ3) is 3.75. The molecule has 0 aliphatic rings. The van der Waals surface area contributed by atoms with Gasteiger partial charge in [0.15, 0.2) is 5.43 Å². The lowest BCUT2D eigenvalue weighted by molar-refractivity contribution is 0.0693. The molecule has 0 fully saturated rings. The molecule has 0 saturated carbocycles. The van der Waals surface area contributed by atoms with Crippen molar-refractivity contribution in [3.8, 4) is 11.3 Å². The van der Waals surface area contributed by atoms with Crippen LogP contribution in [-0.2, 0) is 0 Å². The first-order valence-corrected chi connectivity index (χ1v) is 10.2. The number of halogens is 1. The second kappa shape index (κ2) is 8.30. The van der Waals surface area contributed by atoms with Gasteiger partial charge in [0.25, 0.3) is 0 Å². The maximum absolute atomic E-state index is 14.1. The number of nitrogens with one attached hydrogen (secondary N) is 1. The first-order valence-electron chi connectivity index (χ1n) is 10.2. The smallest absolute Gasteiger partial charge is 0.340 e. The van der Waals surface area contributed by atoms with Gasteiger partial charge >= 0.3 is 5.97 Å². The number of carboxylic acid groups (broad SMARTS) is 1. The van der Waals surface area contributed by atoms with Gasteiger partial charge in [-0.15, -0.1) is 0 Å². The predicted molar refractivity (Wildman–Crippen MR) is 123 cm³/mol. The zero-order valence-electron chi connectivity index (χ0n) is 17.9. The summed E-state index contributed by atoms with van der Waals surface area (Å²) in [6, 6.07) is 16.6. The van der Waals surface area contributed by atoms with Crippen LogP contribution in [0.3, 0.4) is 0 Å². The highest BCUT2D eigenvalue weighted by Gasteiger charge is 2.21. The van der Waals surface area contributed by atoms with Crippen LogP contribution in [0.4, 0.5) is 10.1 Å². The maximum atomic E-state index is 14.1. The zero-order valence-corrected chi connectivity index (χ0v) is 17.9. The Labute approximate surface area is 184 Å². The van der Waals surface area contributed by atoms with Gasteiger partial charge in [0.1, 0.15) is 22.7 Å². The van der Waals surface area contributed by atoms with Gasteiger partial charge in [0.05, 0.1) is 17.1 Å². The molecular weight excluding hydrogens is 409 g/mol. The van der Waals surface area contributed by atoms with E-state index in [0.29, 0.717) is 27.9 Å². The lowest BCUT2D eigenvalue weighted by atomic mass is 9.98. The lowest BCUT2D eigenvalue weighted by Gasteiger charge is -2.20. The summed E-state index contributed by atoms with van der Waals surface area (Å²) in [5.41, 5.74) is 2.84. The molecule has 0 amide bonds. The number of aryl methyl sites for hydroxylation is 1. The van der Waals surface area contributed by atoms with E-state index in [9.17, 15) is 19.1 Å². The van der Waals surface area contributed by atoms with Crippen molar-refractivity contribution in [2.75, 3.05) is 5.32 Å². The third-order valence-corrected chi connectivity index (χ3v) is 5.49. The van der Waals surface area contributed by atoms with Gasteiger partial charge < -0.3 is 14.8 Å². The summed E-state index contributed by atoms with van der Waals surface area (Å²) in [4.78, 5) is 24.8. The van der Waals surface area contributed by atoms with Crippen molar-refractivity contribution in [2.45, 2.75) is 26.8 Å². The molecule has 5 nitrogen and oxygen atoms in total.